The molecule has 0 fully saturated rings. The Morgan fingerprint density at radius 1 is 1.47 bits per heavy atom. The first kappa shape index (κ1) is 11.7. The van der Waals surface area contributed by atoms with Crippen LogP contribution in [-0.2, 0) is 6.42 Å². The highest BCUT2D eigenvalue weighted by Gasteiger charge is 2.34. The van der Waals surface area contributed by atoms with Crippen LogP contribution < -0.4 is 5.32 Å². The Hall–Kier alpha value is -2.37. The summed E-state index contributed by atoms with van der Waals surface area (Å²) in [7, 11) is 1.64. The summed E-state index contributed by atoms with van der Waals surface area (Å²) in [6, 6.07) is 5.37. The van der Waals surface area contributed by atoms with Crippen molar-refractivity contribution >= 4 is 6.03 Å². The fourth-order valence-corrected chi connectivity index (χ4v) is 2.48. The molecule has 6 heteroatoms. The lowest BCUT2D eigenvalue weighted by Gasteiger charge is -2.34. The molecule has 19 heavy (non-hydrogen) atoms. The van der Waals surface area contributed by atoms with E-state index in [9.17, 15) is 4.79 Å². The number of rotatable bonds is 1. The van der Waals surface area contributed by atoms with Crippen molar-refractivity contribution in [2.45, 2.75) is 12.5 Å². The quantitative estimate of drug-likeness (QED) is 0.803. The molecule has 6 nitrogen and oxygen atoms in total. The minimum Gasteiger partial charge on any atom is -0.348 e. The van der Waals surface area contributed by atoms with Gasteiger partial charge in [-0.3, -0.25) is 4.98 Å². The number of fused-ring (bicyclic) bond motifs is 1. The van der Waals surface area contributed by atoms with E-state index in [1.54, 1.807) is 24.5 Å². The van der Waals surface area contributed by atoms with E-state index >= 15 is 0 Å². The van der Waals surface area contributed by atoms with Gasteiger partial charge in [0, 0.05) is 31.9 Å². The molecule has 0 aromatic carbocycles. The topological polar surface area (TPSA) is 73.9 Å². The molecule has 3 heterocycles. The maximum absolute atomic E-state index is 12.0. The number of imidazole rings is 1. The van der Waals surface area contributed by atoms with E-state index in [2.05, 4.69) is 20.3 Å². The molecule has 0 spiro atoms. The van der Waals surface area contributed by atoms with Gasteiger partial charge >= 0.3 is 6.03 Å². The third kappa shape index (κ3) is 1.95. The van der Waals surface area contributed by atoms with E-state index in [4.69, 9.17) is 0 Å². The van der Waals surface area contributed by atoms with E-state index in [1.807, 2.05) is 18.2 Å². The fourth-order valence-electron chi connectivity index (χ4n) is 2.48. The Labute approximate surface area is 110 Å². The van der Waals surface area contributed by atoms with Crippen molar-refractivity contribution in [2.24, 2.45) is 0 Å². The van der Waals surface area contributed by atoms with E-state index in [0.29, 0.717) is 6.54 Å². The van der Waals surface area contributed by atoms with Crippen LogP contribution in [0.25, 0.3) is 0 Å². The monoisotopic (exact) mass is 257 g/mol. The molecule has 98 valence electrons. The van der Waals surface area contributed by atoms with Gasteiger partial charge in [-0.25, -0.2) is 9.78 Å². The van der Waals surface area contributed by atoms with Crippen LogP contribution in [0.5, 0.6) is 0 Å². The zero-order valence-corrected chi connectivity index (χ0v) is 10.6. The minimum absolute atomic E-state index is 0.107. The second-order valence-electron chi connectivity index (χ2n) is 4.42. The number of nitrogens with one attached hydrogen (secondary N) is 2. The van der Waals surface area contributed by atoms with Gasteiger partial charge in [-0.1, -0.05) is 6.07 Å². The molecule has 1 aliphatic heterocycles. The predicted octanol–water partition coefficient (Wildman–Crippen LogP) is 1.09. The smallest absolute Gasteiger partial charge is 0.318 e. The van der Waals surface area contributed by atoms with Gasteiger partial charge in [-0.15, -0.1) is 0 Å². The van der Waals surface area contributed by atoms with Crippen molar-refractivity contribution in [2.75, 3.05) is 13.6 Å². The molecule has 0 unspecified atom stereocenters. The molecule has 1 atom stereocenters. The van der Waals surface area contributed by atoms with E-state index in [0.717, 1.165) is 23.5 Å². The summed E-state index contributed by atoms with van der Waals surface area (Å²) in [5, 5.41) is 2.68. The Balaban J connectivity index is 2.07. The highest BCUT2D eigenvalue weighted by molar-refractivity contribution is 5.75. The Morgan fingerprint density at radius 2 is 2.37 bits per heavy atom. The molecule has 2 amide bonds. The lowest BCUT2D eigenvalue weighted by Crippen LogP contribution is -2.45. The summed E-state index contributed by atoms with van der Waals surface area (Å²) < 4.78 is 0. The zero-order chi connectivity index (χ0) is 13.2. The molecular formula is C13H15N5O. The molecule has 0 aliphatic carbocycles. The van der Waals surface area contributed by atoms with Crippen molar-refractivity contribution in [1.82, 2.24) is 25.2 Å². The predicted molar refractivity (Wildman–Crippen MR) is 69.5 cm³/mol. The molecule has 0 bridgehead atoms. The molecular weight excluding hydrogens is 242 g/mol. The third-order valence-electron chi connectivity index (χ3n) is 3.37. The van der Waals surface area contributed by atoms with Gasteiger partial charge < -0.3 is 15.2 Å². The van der Waals surface area contributed by atoms with Crippen LogP contribution in [0.1, 0.15) is 23.1 Å². The summed E-state index contributed by atoms with van der Waals surface area (Å²) in [5.41, 5.74) is 2.79. The standard InChI is InChI=1S/C13H15N5O/c1-14-13(19)18-7-5-9-11(17-8-16-9)12(18)10-4-2-3-6-15-10/h2-4,6,8,12H,5,7H2,1H3,(H,14,19)(H,16,17)/t12-/m1/s1. The first-order valence-corrected chi connectivity index (χ1v) is 6.22. The lowest BCUT2D eigenvalue weighted by atomic mass is 10.00. The van der Waals surface area contributed by atoms with E-state index in [-0.39, 0.29) is 12.1 Å². The second-order valence-corrected chi connectivity index (χ2v) is 4.42. The van der Waals surface area contributed by atoms with Gasteiger partial charge in [-0.05, 0) is 12.1 Å². The van der Waals surface area contributed by atoms with Crippen LogP contribution in [0, 0.1) is 0 Å². The zero-order valence-electron chi connectivity index (χ0n) is 10.6. The van der Waals surface area contributed by atoms with Gasteiger partial charge in [0.25, 0.3) is 0 Å². The van der Waals surface area contributed by atoms with Crippen LogP contribution >= 0.6 is 0 Å². The normalized spacial score (nSPS) is 17.9. The van der Waals surface area contributed by atoms with E-state index < -0.39 is 0 Å². The highest BCUT2D eigenvalue weighted by atomic mass is 16.2. The van der Waals surface area contributed by atoms with Gasteiger partial charge in [0.1, 0.15) is 6.04 Å². The molecule has 0 saturated carbocycles. The number of aromatic amines is 1. The molecule has 0 radical (unpaired) electrons. The maximum atomic E-state index is 12.0. The number of aromatic nitrogens is 3. The number of amides is 2. The number of hydrogen-bond acceptors (Lipinski definition) is 3. The van der Waals surface area contributed by atoms with Crippen LogP contribution in [0.3, 0.4) is 0 Å². The Morgan fingerprint density at radius 3 is 3.11 bits per heavy atom. The van der Waals surface area contributed by atoms with Crippen molar-refractivity contribution in [3.05, 3.63) is 47.8 Å². The van der Waals surface area contributed by atoms with Gasteiger partial charge in [0.15, 0.2) is 0 Å². The fraction of sp³-hybridized carbons (Fsp3) is 0.308. The number of pyridine rings is 1. The second kappa shape index (κ2) is 4.72. The first-order chi connectivity index (χ1) is 9.31. The summed E-state index contributed by atoms with van der Waals surface area (Å²) in [5.74, 6) is 0. The van der Waals surface area contributed by atoms with Crippen molar-refractivity contribution in [3.63, 3.8) is 0 Å². The van der Waals surface area contributed by atoms with Crippen molar-refractivity contribution in [3.8, 4) is 0 Å². The number of hydrogen-bond donors (Lipinski definition) is 2. The third-order valence-corrected chi connectivity index (χ3v) is 3.37. The summed E-state index contributed by atoms with van der Waals surface area (Å²) in [6.45, 7) is 0.649. The maximum Gasteiger partial charge on any atom is 0.318 e. The molecule has 2 aromatic heterocycles. The average molecular weight is 257 g/mol. The van der Waals surface area contributed by atoms with E-state index in [1.165, 1.54) is 0 Å². The van der Waals surface area contributed by atoms with Crippen LogP contribution in [-0.4, -0.2) is 39.5 Å². The van der Waals surface area contributed by atoms with Crippen LogP contribution in [0.4, 0.5) is 4.79 Å². The highest BCUT2D eigenvalue weighted by Crippen LogP contribution is 2.31. The molecule has 1 aliphatic rings. The van der Waals surface area contributed by atoms with Crippen molar-refractivity contribution in [1.29, 1.82) is 0 Å². The number of nitrogens with zero attached hydrogens (tertiary/aromatic N) is 3. The molecule has 3 rings (SSSR count). The SMILES string of the molecule is CNC(=O)N1CCc2[nH]cnc2[C@H]1c1ccccn1. The van der Waals surface area contributed by atoms with Gasteiger partial charge in [0.2, 0.25) is 0 Å². The van der Waals surface area contributed by atoms with Crippen LogP contribution in [0.15, 0.2) is 30.7 Å². The summed E-state index contributed by atoms with van der Waals surface area (Å²) >= 11 is 0. The van der Waals surface area contributed by atoms with Gasteiger partial charge in [0.05, 0.1) is 17.7 Å². The van der Waals surface area contributed by atoms with Crippen molar-refractivity contribution < 1.29 is 4.79 Å². The van der Waals surface area contributed by atoms with Gasteiger partial charge in [-0.2, -0.15) is 0 Å². The summed E-state index contributed by atoms with van der Waals surface area (Å²) in [4.78, 5) is 25.7. The minimum atomic E-state index is -0.226. The molecule has 0 saturated heterocycles. The number of urea groups is 1. The number of carbonyl (C=O) groups is 1. The lowest BCUT2D eigenvalue weighted by molar-refractivity contribution is 0.179. The first-order valence-electron chi connectivity index (χ1n) is 6.22. The Bertz CT molecular complexity index is 580. The largest absolute Gasteiger partial charge is 0.348 e. The molecule has 2 aromatic rings. The number of H-pyrrole nitrogens is 1. The average Bonchev–Trinajstić information content (AvgIpc) is 2.94. The number of carbonyl (C=O) groups excluding carboxylic acids is 1. The van der Waals surface area contributed by atoms with Crippen LogP contribution in [0.2, 0.25) is 0 Å². The Kier molecular flexibility index (Phi) is 2.91. The molecule has 2 N–H and O–H groups in total. The summed E-state index contributed by atoms with van der Waals surface area (Å²) in [6.07, 6.45) is 4.19.